The van der Waals surface area contributed by atoms with Gasteiger partial charge in [0.25, 0.3) is 5.91 Å². The van der Waals surface area contributed by atoms with E-state index in [2.05, 4.69) is 18.9 Å². The number of hydrogen-bond donors (Lipinski definition) is 2. The van der Waals surface area contributed by atoms with Crippen LogP contribution in [0.4, 0.5) is 11.5 Å². The molecular weight excluding hydrogens is 376 g/mol. The molecule has 1 unspecified atom stereocenters. The Bertz CT molecular complexity index is 1100. The van der Waals surface area contributed by atoms with Crippen molar-refractivity contribution in [1.29, 1.82) is 0 Å². The van der Waals surface area contributed by atoms with Gasteiger partial charge in [-0.3, -0.25) is 4.79 Å². The number of nitrogen functional groups attached to an aromatic ring is 1. The number of aromatic nitrogens is 2. The van der Waals surface area contributed by atoms with Gasteiger partial charge in [0.2, 0.25) is 5.60 Å². The fourth-order valence-electron chi connectivity index (χ4n) is 4.16. The molecule has 6 nitrogen and oxygen atoms in total. The van der Waals surface area contributed by atoms with E-state index in [1.807, 2.05) is 49.4 Å². The third-order valence-electron chi connectivity index (χ3n) is 5.81. The monoisotopic (exact) mass is 404 g/mol. The predicted octanol–water partition coefficient (Wildman–Crippen LogP) is 3.70. The average Bonchev–Trinajstić information content (AvgIpc) is 3.13. The van der Waals surface area contributed by atoms with E-state index in [4.69, 9.17) is 5.73 Å². The molecule has 1 atom stereocenters. The Balaban J connectivity index is 1.85. The fraction of sp³-hybridized carbons (Fsp3) is 0.333. The predicted molar refractivity (Wildman–Crippen MR) is 119 cm³/mol. The summed E-state index contributed by atoms with van der Waals surface area (Å²) in [7, 11) is 0. The standard InChI is InChI=1S/C24H28N4O2/c1-15(2)13-14-27-20-8-6-5-7-19(20)24(30,23(27)29)21-17(4)26-28(22(21)25)18-11-9-16(3)10-12-18/h5-12,15,30H,13-14,25H2,1-4H3. The van der Waals surface area contributed by atoms with Crippen molar-refractivity contribution in [3.63, 3.8) is 0 Å². The van der Waals surface area contributed by atoms with Crippen molar-refractivity contribution in [2.24, 2.45) is 5.92 Å². The summed E-state index contributed by atoms with van der Waals surface area (Å²) in [4.78, 5) is 15.3. The largest absolute Gasteiger partial charge is 0.383 e. The van der Waals surface area contributed by atoms with Gasteiger partial charge in [-0.1, -0.05) is 49.7 Å². The lowest BCUT2D eigenvalue weighted by Gasteiger charge is -2.24. The lowest BCUT2D eigenvalue weighted by molar-refractivity contribution is -0.132. The van der Waals surface area contributed by atoms with Crippen LogP contribution in [-0.2, 0) is 10.4 Å². The number of hydrogen-bond acceptors (Lipinski definition) is 4. The molecule has 0 aliphatic carbocycles. The van der Waals surface area contributed by atoms with Gasteiger partial charge < -0.3 is 15.7 Å². The second kappa shape index (κ2) is 7.29. The van der Waals surface area contributed by atoms with Gasteiger partial charge in [0.05, 0.1) is 22.6 Å². The Morgan fingerprint density at radius 1 is 1.10 bits per heavy atom. The zero-order valence-electron chi connectivity index (χ0n) is 17.9. The zero-order chi connectivity index (χ0) is 21.6. The topological polar surface area (TPSA) is 84.4 Å². The molecule has 3 aromatic rings. The maximum absolute atomic E-state index is 13.6. The molecule has 0 bridgehead atoms. The van der Waals surface area contributed by atoms with Gasteiger partial charge in [-0.25, -0.2) is 4.68 Å². The number of aryl methyl sites for hydroxylation is 2. The Hall–Kier alpha value is -3.12. The Labute approximate surface area is 176 Å². The molecule has 0 spiro atoms. The van der Waals surface area contributed by atoms with E-state index in [9.17, 15) is 9.90 Å². The summed E-state index contributed by atoms with van der Waals surface area (Å²) < 4.78 is 1.59. The smallest absolute Gasteiger partial charge is 0.268 e. The molecule has 1 aromatic heterocycles. The molecule has 0 fully saturated rings. The summed E-state index contributed by atoms with van der Waals surface area (Å²) in [5.74, 6) is 0.338. The molecule has 2 heterocycles. The van der Waals surface area contributed by atoms with Crippen LogP contribution in [0.15, 0.2) is 48.5 Å². The van der Waals surface area contributed by atoms with E-state index in [-0.39, 0.29) is 11.7 Å². The Morgan fingerprint density at radius 3 is 2.43 bits per heavy atom. The minimum Gasteiger partial charge on any atom is -0.383 e. The number of aliphatic hydroxyl groups is 1. The van der Waals surface area contributed by atoms with Crippen LogP contribution < -0.4 is 10.6 Å². The van der Waals surface area contributed by atoms with Crippen molar-refractivity contribution in [2.45, 2.75) is 39.7 Å². The van der Waals surface area contributed by atoms with Gasteiger partial charge in [0.1, 0.15) is 5.82 Å². The third-order valence-corrected chi connectivity index (χ3v) is 5.81. The molecule has 30 heavy (non-hydrogen) atoms. The SMILES string of the molecule is Cc1ccc(-n2nc(C)c(C3(O)C(=O)N(CCC(C)C)c4ccccc43)c2N)cc1. The van der Waals surface area contributed by atoms with Crippen LogP contribution in [0.25, 0.3) is 5.69 Å². The highest BCUT2D eigenvalue weighted by Crippen LogP contribution is 2.47. The molecule has 1 aliphatic heterocycles. The number of amides is 1. The highest BCUT2D eigenvalue weighted by atomic mass is 16.3. The van der Waals surface area contributed by atoms with Gasteiger partial charge >= 0.3 is 0 Å². The van der Waals surface area contributed by atoms with Gasteiger partial charge in [-0.2, -0.15) is 5.10 Å². The van der Waals surface area contributed by atoms with Crippen molar-refractivity contribution in [2.75, 3.05) is 17.2 Å². The van der Waals surface area contributed by atoms with Crippen LogP contribution in [0.3, 0.4) is 0 Å². The zero-order valence-corrected chi connectivity index (χ0v) is 17.9. The van der Waals surface area contributed by atoms with Crippen LogP contribution >= 0.6 is 0 Å². The first-order valence-corrected chi connectivity index (χ1v) is 10.3. The number of nitrogens with two attached hydrogens (primary N) is 1. The van der Waals surface area contributed by atoms with E-state index < -0.39 is 5.60 Å². The van der Waals surface area contributed by atoms with Gasteiger partial charge in [-0.05, 0) is 44.4 Å². The number of carbonyl (C=O) groups is 1. The molecule has 2 aromatic carbocycles. The Kier molecular flexibility index (Phi) is 4.90. The van der Waals surface area contributed by atoms with Crippen LogP contribution in [0.1, 0.15) is 42.7 Å². The molecule has 3 N–H and O–H groups in total. The Morgan fingerprint density at radius 2 is 1.77 bits per heavy atom. The lowest BCUT2D eigenvalue weighted by Crippen LogP contribution is -2.42. The maximum Gasteiger partial charge on any atom is 0.268 e. The highest BCUT2D eigenvalue weighted by molar-refractivity contribution is 6.09. The minimum atomic E-state index is -1.86. The van der Waals surface area contributed by atoms with E-state index in [0.717, 1.165) is 23.4 Å². The maximum atomic E-state index is 13.6. The van der Waals surface area contributed by atoms with Gasteiger partial charge in [-0.15, -0.1) is 0 Å². The second-order valence-corrected chi connectivity index (χ2v) is 8.46. The van der Waals surface area contributed by atoms with E-state index in [0.29, 0.717) is 29.3 Å². The quantitative estimate of drug-likeness (QED) is 0.679. The molecule has 6 heteroatoms. The first-order chi connectivity index (χ1) is 14.2. The van der Waals surface area contributed by atoms with Gasteiger partial charge in [0, 0.05) is 12.1 Å². The molecule has 0 saturated carbocycles. The van der Waals surface area contributed by atoms with Crippen molar-refractivity contribution in [1.82, 2.24) is 9.78 Å². The van der Waals surface area contributed by atoms with E-state index in [1.165, 1.54) is 0 Å². The summed E-state index contributed by atoms with van der Waals surface area (Å²) in [5, 5.41) is 16.4. The number of carbonyl (C=O) groups excluding carboxylic acids is 1. The summed E-state index contributed by atoms with van der Waals surface area (Å²) in [6.07, 6.45) is 0.841. The molecule has 0 radical (unpaired) electrons. The first kappa shape index (κ1) is 20.2. The highest BCUT2D eigenvalue weighted by Gasteiger charge is 2.53. The summed E-state index contributed by atoms with van der Waals surface area (Å²) in [6, 6.07) is 15.2. The van der Waals surface area contributed by atoms with Crippen molar-refractivity contribution < 1.29 is 9.90 Å². The summed E-state index contributed by atoms with van der Waals surface area (Å²) in [6.45, 7) is 8.57. The van der Waals surface area contributed by atoms with Gasteiger partial charge in [0.15, 0.2) is 0 Å². The average molecular weight is 405 g/mol. The van der Waals surface area contributed by atoms with E-state index >= 15 is 0 Å². The third kappa shape index (κ3) is 2.99. The second-order valence-electron chi connectivity index (χ2n) is 8.46. The van der Waals surface area contributed by atoms with Crippen LogP contribution in [0.5, 0.6) is 0 Å². The molecule has 0 saturated heterocycles. The van der Waals surface area contributed by atoms with Crippen molar-refractivity contribution in [3.8, 4) is 5.69 Å². The number of anilines is 2. The summed E-state index contributed by atoms with van der Waals surface area (Å²) in [5.41, 5.74) is 8.72. The number of nitrogens with zero attached hydrogens (tertiary/aromatic N) is 3. The molecule has 1 amide bonds. The molecular formula is C24H28N4O2. The number of para-hydroxylation sites is 1. The summed E-state index contributed by atoms with van der Waals surface area (Å²) >= 11 is 0. The lowest BCUT2D eigenvalue weighted by atomic mass is 9.87. The van der Waals surface area contributed by atoms with Crippen molar-refractivity contribution in [3.05, 3.63) is 70.9 Å². The first-order valence-electron chi connectivity index (χ1n) is 10.3. The van der Waals surface area contributed by atoms with E-state index in [1.54, 1.807) is 22.6 Å². The van der Waals surface area contributed by atoms with Crippen LogP contribution in [0, 0.1) is 19.8 Å². The minimum absolute atomic E-state index is 0.271. The van der Waals surface area contributed by atoms with Crippen LogP contribution in [0.2, 0.25) is 0 Å². The molecule has 156 valence electrons. The number of rotatable bonds is 5. The molecule has 4 rings (SSSR count). The van der Waals surface area contributed by atoms with Crippen molar-refractivity contribution >= 4 is 17.4 Å². The fourth-order valence-corrected chi connectivity index (χ4v) is 4.16. The molecule has 1 aliphatic rings. The number of fused-ring (bicyclic) bond motifs is 1. The number of benzene rings is 2. The van der Waals surface area contributed by atoms with Crippen LogP contribution in [-0.4, -0.2) is 27.3 Å². The normalized spacial score (nSPS) is 18.3.